The van der Waals surface area contributed by atoms with Crippen molar-refractivity contribution >= 4 is 60.7 Å². The van der Waals surface area contributed by atoms with Crippen LogP contribution in [0.1, 0.15) is 11.1 Å². The number of alkyl halides is 1. The predicted octanol–water partition coefficient (Wildman–Crippen LogP) is 4.08. The molecule has 5 nitrogen and oxygen atoms in total. The third-order valence-corrected chi connectivity index (χ3v) is 5.53. The van der Waals surface area contributed by atoms with Gasteiger partial charge in [-0.25, -0.2) is 0 Å². The van der Waals surface area contributed by atoms with E-state index in [0.717, 1.165) is 44.8 Å². The molecular weight excluding hydrogens is 418 g/mol. The van der Waals surface area contributed by atoms with E-state index in [0.29, 0.717) is 11.1 Å². The third kappa shape index (κ3) is 2.45. The van der Waals surface area contributed by atoms with E-state index in [1.807, 2.05) is 60.9 Å². The minimum absolute atomic E-state index is 0.356. The highest BCUT2D eigenvalue weighted by Crippen LogP contribution is 2.37. The van der Waals surface area contributed by atoms with Gasteiger partial charge in [-0.05, 0) is 17.5 Å². The Kier molecular flexibility index (Phi) is 3.94. The van der Waals surface area contributed by atoms with E-state index < -0.39 is 0 Å². The van der Waals surface area contributed by atoms with E-state index in [1.54, 1.807) is 0 Å². The average molecular weight is 434 g/mol. The summed E-state index contributed by atoms with van der Waals surface area (Å²) in [4.78, 5) is 28.8. The quantitative estimate of drug-likeness (QED) is 0.376. The van der Waals surface area contributed by atoms with Crippen molar-refractivity contribution in [3.8, 4) is 0 Å². The monoisotopic (exact) mass is 433 g/mol. The van der Waals surface area contributed by atoms with Gasteiger partial charge in [-0.15, -0.1) is 0 Å². The number of hydrogen-bond donors (Lipinski definition) is 2. The number of nitrogens with zero attached hydrogens (tertiary/aromatic N) is 1. The summed E-state index contributed by atoms with van der Waals surface area (Å²) in [6, 6.07) is 15.7. The number of H-pyrrole nitrogens is 1. The van der Waals surface area contributed by atoms with Crippen molar-refractivity contribution in [2.45, 2.75) is 6.54 Å². The number of fused-ring (bicyclic) bond motifs is 2. The van der Waals surface area contributed by atoms with Crippen LogP contribution in [0.4, 0.5) is 0 Å². The number of hydrogen-bond acceptors (Lipinski definition) is 2. The molecule has 2 aromatic heterocycles. The molecule has 0 saturated heterocycles. The Balaban J connectivity index is 1.84. The highest BCUT2D eigenvalue weighted by Gasteiger charge is 2.34. The number of rotatable bonds is 4. The topological polar surface area (TPSA) is 66.9 Å². The van der Waals surface area contributed by atoms with E-state index in [2.05, 4.69) is 30.8 Å². The van der Waals surface area contributed by atoms with Crippen LogP contribution in [0.5, 0.6) is 0 Å². The van der Waals surface area contributed by atoms with Gasteiger partial charge in [0.2, 0.25) is 0 Å². The minimum Gasteiger partial charge on any atom is -0.361 e. The molecule has 1 aliphatic heterocycles. The van der Waals surface area contributed by atoms with Gasteiger partial charge in [-0.1, -0.05) is 52.3 Å². The molecule has 0 radical (unpaired) electrons. The zero-order valence-corrected chi connectivity index (χ0v) is 16.4. The third-order valence-electron chi connectivity index (χ3n) is 5.17. The molecule has 6 heteroatoms. The van der Waals surface area contributed by atoms with Crippen molar-refractivity contribution in [1.29, 1.82) is 0 Å². The maximum atomic E-state index is 12.8. The summed E-state index contributed by atoms with van der Waals surface area (Å²) in [7, 11) is 0. The first-order valence-electron chi connectivity index (χ1n) is 8.99. The molecule has 0 spiro atoms. The summed E-state index contributed by atoms with van der Waals surface area (Å²) >= 11 is 3.49. The first kappa shape index (κ1) is 17.0. The molecule has 0 atom stereocenters. The molecule has 28 heavy (non-hydrogen) atoms. The molecule has 1 aliphatic rings. The number of halogens is 1. The second-order valence-electron chi connectivity index (χ2n) is 6.72. The van der Waals surface area contributed by atoms with Crippen LogP contribution in [-0.2, 0) is 16.1 Å². The van der Waals surface area contributed by atoms with Gasteiger partial charge in [0.05, 0.1) is 16.7 Å². The minimum atomic E-state index is -0.362. The fourth-order valence-electron chi connectivity index (χ4n) is 3.98. The van der Waals surface area contributed by atoms with Crippen LogP contribution >= 0.6 is 15.9 Å². The van der Waals surface area contributed by atoms with Crippen LogP contribution < -0.4 is 5.32 Å². The van der Waals surface area contributed by atoms with Crippen LogP contribution in [0.25, 0.3) is 33.0 Å². The first-order valence-corrected chi connectivity index (χ1v) is 10.1. The van der Waals surface area contributed by atoms with Crippen LogP contribution in [0.2, 0.25) is 0 Å². The lowest BCUT2D eigenvalue weighted by Gasteiger charge is -2.06. The van der Waals surface area contributed by atoms with E-state index in [-0.39, 0.29) is 11.8 Å². The van der Waals surface area contributed by atoms with Gasteiger partial charge >= 0.3 is 0 Å². The molecule has 2 N–H and O–H groups in total. The molecule has 0 fully saturated rings. The van der Waals surface area contributed by atoms with Crippen molar-refractivity contribution in [3.05, 3.63) is 72.1 Å². The Morgan fingerprint density at radius 2 is 1.68 bits per heavy atom. The summed E-state index contributed by atoms with van der Waals surface area (Å²) in [5.74, 6) is -0.718. The lowest BCUT2D eigenvalue weighted by atomic mass is 9.95. The summed E-state index contributed by atoms with van der Waals surface area (Å²) in [6.07, 6.45) is 3.80. The number of aromatic amines is 1. The number of aryl methyl sites for hydroxylation is 1. The Bertz CT molecular complexity index is 1300. The van der Waals surface area contributed by atoms with Crippen molar-refractivity contribution in [3.63, 3.8) is 0 Å². The molecule has 0 unspecified atom stereocenters. The van der Waals surface area contributed by atoms with Crippen LogP contribution in [0.15, 0.2) is 60.9 Å². The number of nitrogens with one attached hydrogen (secondary N) is 2. The molecule has 0 aliphatic carbocycles. The van der Waals surface area contributed by atoms with Crippen molar-refractivity contribution < 1.29 is 9.59 Å². The van der Waals surface area contributed by atoms with Crippen LogP contribution in [0.3, 0.4) is 0 Å². The molecule has 2 amide bonds. The fraction of sp³-hybridized carbons (Fsp3) is 0.0909. The van der Waals surface area contributed by atoms with E-state index in [4.69, 9.17) is 0 Å². The molecule has 0 bridgehead atoms. The van der Waals surface area contributed by atoms with Gasteiger partial charge in [-0.2, -0.15) is 0 Å². The number of aromatic nitrogens is 2. The summed E-state index contributed by atoms with van der Waals surface area (Å²) in [5, 5.41) is 5.24. The predicted molar refractivity (Wildman–Crippen MR) is 114 cm³/mol. The first-order chi connectivity index (χ1) is 13.7. The number of carbonyl (C=O) groups excluding carboxylic acids is 2. The second-order valence-corrected chi connectivity index (χ2v) is 7.52. The smallest absolute Gasteiger partial charge is 0.259 e. The Morgan fingerprint density at radius 3 is 2.50 bits per heavy atom. The largest absolute Gasteiger partial charge is 0.361 e. The molecule has 3 heterocycles. The van der Waals surface area contributed by atoms with E-state index in [9.17, 15) is 9.59 Å². The Labute approximate surface area is 169 Å². The van der Waals surface area contributed by atoms with Gasteiger partial charge in [0.15, 0.2) is 0 Å². The van der Waals surface area contributed by atoms with E-state index >= 15 is 0 Å². The lowest BCUT2D eigenvalue weighted by Crippen LogP contribution is -2.22. The second kappa shape index (κ2) is 6.49. The lowest BCUT2D eigenvalue weighted by molar-refractivity contribution is -0.122. The maximum absolute atomic E-state index is 12.8. The number of imide groups is 1. The highest BCUT2D eigenvalue weighted by molar-refractivity contribution is 9.09. The van der Waals surface area contributed by atoms with Gasteiger partial charge in [0, 0.05) is 46.3 Å². The van der Waals surface area contributed by atoms with Gasteiger partial charge in [0.1, 0.15) is 0 Å². The Hall–Kier alpha value is -3.12. The molecule has 5 rings (SSSR count). The zero-order valence-electron chi connectivity index (χ0n) is 14.8. The summed E-state index contributed by atoms with van der Waals surface area (Å²) in [6.45, 7) is 0.769. The zero-order chi connectivity index (χ0) is 19.3. The van der Waals surface area contributed by atoms with Crippen LogP contribution in [-0.4, -0.2) is 26.7 Å². The number of carbonyl (C=O) groups is 2. The SMILES string of the molecule is O=C1NC(=O)C(c2cccc3cc[nH]c23)=C1c1cn(CCBr)c2ccccc12. The molecular formula is C22H16BrN3O2. The Morgan fingerprint density at radius 1 is 0.893 bits per heavy atom. The number of para-hydroxylation sites is 2. The molecule has 2 aromatic carbocycles. The highest BCUT2D eigenvalue weighted by atomic mass is 79.9. The van der Waals surface area contributed by atoms with E-state index in [1.165, 1.54) is 0 Å². The number of amides is 2. The number of benzene rings is 2. The van der Waals surface area contributed by atoms with Crippen molar-refractivity contribution in [2.24, 2.45) is 0 Å². The van der Waals surface area contributed by atoms with Crippen LogP contribution in [0, 0.1) is 0 Å². The summed E-state index contributed by atoms with van der Waals surface area (Å²) in [5.41, 5.74) is 4.24. The van der Waals surface area contributed by atoms with Gasteiger partial charge in [0.25, 0.3) is 11.8 Å². The standard InChI is InChI=1S/C22H16BrN3O2/c23-9-11-26-12-16(14-5-1-2-7-17(14)26)19-18(21(27)25-22(19)28)15-6-3-4-13-8-10-24-20(13)15/h1-8,10,12,24H,9,11H2,(H,25,27,28). The molecule has 138 valence electrons. The fourth-order valence-corrected chi connectivity index (χ4v) is 4.37. The average Bonchev–Trinajstić information content (AvgIpc) is 3.38. The van der Waals surface area contributed by atoms with Crippen molar-refractivity contribution in [2.75, 3.05) is 5.33 Å². The van der Waals surface area contributed by atoms with Crippen molar-refractivity contribution in [1.82, 2.24) is 14.9 Å². The maximum Gasteiger partial charge on any atom is 0.259 e. The summed E-state index contributed by atoms with van der Waals surface area (Å²) < 4.78 is 2.11. The molecule has 4 aromatic rings. The van der Waals surface area contributed by atoms with Gasteiger partial charge < -0.3 is 9.55 Å². The van der Waals surface area contributed by atoms with Gasteiger partial charge in [-0.3, -0.25) is 14.9 Å². The normalized spacial score (nSPS) is 14.5. The molecule has 0 saturated carbocycles.